The van der Waals surface area contributed by atoms with Crippen molar-refractivity contribution in [1.29, 1.82) is 0 Å². The van der Waals surface area contributed by atoms with Gasteiger partial charge in [0.25, 0.3) is 0 Å². The lowest BCUT2D eigenvalue weighted by atomic mass is 9.93. The molecule has 0 radical (unpaired) electrons. The van der Waals surface area contributed by atoms with Crippen molar-refractivity contribution in [1.82, 2.24) is 15.5 Å². The van der Waals surface area contributed by atoms with Gasteiger partial charge in [-0.2, -0.15) is 0 Å². The first-order chi connectivity index (χ1) is 10.7. The van der Waals surface area contributed by atoms with Gasteiger partial charge in [0, 0.05) is 26.7 Å². The molecule has 1 aromatic carbocycles. The Labute approximate surface area is 131 Å². The molecule has 1 aromatic rings. The van der Waals surface area contributed by atoms with E-state index in [4.69, 9.17) is 0 Å². The molecular formula is C17H23N3O2. The summed E-state index contributed by atoms with van der Waals surface area (Å²) in [5.74, 6) is 0.0983. The molecule has 2 amide bonds. The molecule has 2 heterocycles. The molecule has 5 heteroatoms. The van der Waals surface area contributed by atoms with Crippen LogP contribution in [-0.2, 0) is 22.6 Å². The van der Waals surface area contributed by atoms with E-state index in [2.05, 4.69) is 22.8 Å². The number of carbonyl (C=O) groups excluding carboxylic acids is 2. The fourth-order valence-electron chi connectivity index (χ4n) is 3.44. The van der Waals surface area contributed by atoms with Crippen molar-refractivity contribution in [3.63, 3.8) is 0 Å². The molecule has 0 spiro atoms. The first kappa shape index (κ1) is 15.0. The van der Waals surface area contributed by atoms with Crippen molar-refractivity contribution in [2.45, 2.75) is 31.8 Å². The van der Waals surface area contributed by atoms with Crippen LogP contribution in [0.1, 0.15) is 24.0 Å². The summed E-state index contributed by atoms with van der Waals surface area (Å²) in [5.41, 5.74) is 2.52. The van der Waals surface area contributed by atoms with Crippen molar-refractivity contribution in [3.8, 4) is 0 Å². The Balaban J connectivity index is 1.66. The van der Waals surface area contributed by atoms with E-state index in [1.165, 1.54) is 11.1 Å². The number of hydrogen-bond donors (Lipinski definition) is 2. The smallest absolute Gasteiger partial charge is 0.240 e. The molecule has 0 aromatic heterocycles. The van der Waals surface area contributed by atoms with Crippen LogP contribution in [-0.4, -0.2) is 42.9 Å². The number of nitrogens with zero attached hydrogens (tertiary/aromatic N) is 1. The highest BCUT2D eigenvalue weighted by Crippen LogP contribution is 2.21. The Hall–Kier alpha value is -1.88. The second kappa shape index (κ2) is 6.48. The highest BCUT2D eigenvalue weighted by Gasteiger charge is 2.32. The summed E-state index contributed by atoms with van der Waals surface area (Å²) in [6, 6.07) is 8.08. The van der Waals surface area contributed by atoms with Crippen LogP contribution in [0.25, 0.3) is 0 Å². The monoisotopic (exact) mass is 301 g/mol. The summed E-state index contributed by atoms with van der Waals surface area (Å²) in [7, 11) is 1.66. The Morgan fingerprint density at radius 3 is 2.82 bits per heavy atom. The van der Waals surface area contributed by atoms with E-state index >= 15 is 0 Å². The summed E-state index contributed by atoms with van der Waals surface area (Å²) in [4.78, 5) is 26.4. The molecular weight excluding hydrogens is 278 g/mol. The SMILES string of the molecule is CNC(=O)C1CCCN(C(=O)C2Cc3ccccc3CN2)C1. The Bertz CT molecular complexity index is 573. The van der Waals surface area contributed by atoms with Gasteiger partial charge in [0.2, 0.25) is 11.8 Å². The van der Waals surface area contributed by atoms with Gasteiger partial charge in [0.15, 0.2) is 0 Å². The van der Waals surface area contributed by atoms with Crippen LogP contribution in [0.4, 0.5) is 0 Å². The zero-order chi connectivity index (χ0) is 15.5. The first-order valence-corrected chi connectivity index (χ1v) is 7.99. The van der Waals surface area contributed by atoms with Crippen molar-refractivity contribution < 1.29 is 9.59 Å². The number of benzene rings is 1. The van der Waals surface area contributed by atoms with E-state index in [1.807, 2.05) is 17.0 Å². The molecule has 1 fully saturated rings. The van der Waals surface area contributed by atoms with E-state index in [0.717, 1.165) is 32.4 Å². The standard InChI is InChI=1S/C17H23N3O2/c1-18-16(21)14-7-4-8-20(11-14)17(22)15-9-12-5-2-3-6-13(12)10-19-15/h2-3,5-6,14-15,19H,4,7-11H2,1H3,(H,18,21). The van der Waals surface area contributed by atoms with Gasteiger partial charge < -0.3 is 15.5 Å². The zero-order valence-electron chi connectivity index (χ0n) is 13.0. The third-order valence-corrected chi connectivity index (χ3v) is 4.73. The quantitative estimate of drug-likeness (QED) is 0.845. The fraction of sp³-hybridized carbons (Fsp3) is 0.529. The molecule has 0 aliphatic carbocycles. The van der Waals surface area contributed by atoms with Gasteiger partial charge in [-0.3, -0.25) is 9.59 Å². The van der Waals surface area contributed by atoms with Gasteiger partial charge in [-0.05, 0) is 30.4 Å². The number of rotatable bonds is 2. The topological polar surface area (TPSA) is 61.4 Å². The Kier molecular flexibility index (Phi) is 4.43. The molecule has 118 valence electrons. The van der Waals surface area contributed by atoms with Crippen molar-refractivity contribution >= 4 is 11.8 Å². The average Bonchev–Trinajstić information content (AvgIpc) is 2.60. The number of fused-ring (bicyclic) bond motifs is 1. The van der Waals surface area contributed by atoms with E-state index < -0.39 is 0 Å². The van der Waals surface area contributed by atoms with Crippen molar-refractivity contribution in [3.05, 3.63) is 35.4 Å². The van der Waals surface area contributed by atoms with Crippen LogP contribution in [0, 0.1) is 5.92 Å². The van der Waals surface area contributed by atoms with E-state index in [1.54, 1.807) is 7.05 Å². The molecule has 22 heavy (non-hydrogen) atoms. The number of amides is 2. The van der Waals surface area contributed by atoms with Gasteiger partial charge in [-0.1, -0.05) is 24.3 Å². The summed E-state index contributed by atoms with van der Waals surface area (Å²) in [6.07, 6.45) is 2.49. The second-order valence-corrected chi connectivity index (χ2v) is 6.14. The summed E-state index contributed by atoms with van der Waals surface area (Å²) in [5, 5.41) is 6.03. The summed E-state index contributed by atoms with van der Waals surface area (Å²) < 4.78 is 0. The Morgan fingerprint density at radius 2 is 2.05 bits per heavy atom. The maximum absolute atomic E-state index is 12.8. The van der Waals surface area contributed by atoms with Crippen LogP contribution in [0.3, 0.4) is 0 Å². The lowest BCUT2D eigenvalue weighted by molar-refractivity contribution is -0.137. The summed E-state index contributed by atoms with van der Waals surface area (Å²) >= 11 is 0. The number of piperidine rings is 1. The van der Waals surface area contributed by atoms with Crippen LogP contribution in [0.15, 0.2) is 24.3 Å². The predicted molar refractivity (Wildman–Crippen MR) is 84.1 cm³/mol. The van der Waals surface area contributed by atoms with Crippen LogP contribution in [0.5, 0.6) is 0 Å². The minimum absolute atomic E-state index is 0.0412. The number of likely N-dealkylation sites (tertiary alicyclic amines) is 1. The highest BCUT2D eigenvalue weighted by atomic mass is 16.2. The second-order valence-electron chi connectivity index (χ2n) is 6.14. The summed E-state index contributed by atoms with van der Waals surface area (Å²) in [6.45, 7) is 2.03. The van der Waals surface area contributed by atoms with Crippen molar-refractivity contribution in [2.75, 3.05) is 20.1 Å². The highest BCUT2D eigenvalue weighted by molar-refractivity contribution is 5.84. The van der Waals surface area contributed by atoms with Crippen LogP contribution in [0.2, 0.25) is 0 Å². The molecule has 2 N–H and O–H groups in total. The number of nitrogens with one attached hydrogen (secondary N) is 2. The van der Waals surface area contributed by atoms with Gasteiger partial charge in [-0.25, -0.2) is 0 Å². The molecule has 0 bridgehead atoms. The predicted octanol–water partition coefficient (Wildman–Crippen LogP) is 0.685. The van der Waals surface area contributed by atoms with E-state index in [-0.39, 0.29) is 23.8 Å². The third-order valence-electron chi connectivity index (χ3n) is 4.73. The normalized spacial score (nSPS) is 24.5. The molecule has 0 saturated carbocycles. The fourth-order valence-corrected chi connectivity index (χ4v) is 3.44. The van der Waals surface area contributed by atoms with Gasteiger partial charge in [0.1, 0.15) is 0 Å². The first-order valence-electron chi connectivity index (χ1n) is 7.99. The minimum Gasteiger partial charge on any atom is -0.359 e. The van der Waals surface area contributed by atoms with Gasteiger partial charge in [-0.15, -0.1) is 0 Å². The molecule has 5 nitrogen and oxygen atoms in total. The zero-order valence-corrected chi connectivity index (χ0v) is 13.0. The minimum atomic E-state index is -0.168. The number of hydrogen-bond acceptors (Lipinski definition) is 3. The molecule has 2 unspecified atom stereocenters. The molecule has 2 aliphatic heterocycles. The van der Waals surface area contributed by atoms with E-state index in [9.17, 15) is 9.59 Å². The third kappa shape index (κ3) is 2.99. The maximum atomic E-state index is 12.8. The molecule has 2 aliphatic rings. The number of carbonyl (C=O) groups is 2. The van der Waals surface area contributed by atoms with Crippen molar-refractivity contribution in [2.24, 2.45) is 5.92 Å². The van der Waals surface area contributed by atoms with Crippen LogP contribution < -0.4 is 10.6 Å². The molecule has 1 saturated heterocycles. The lowest BCUT2D eigenvalue weighted by Crippen LogP contribution is -2.53. The lowest BCUT2D eigenvalue weighted by Gasteiger charge is -2.35. The molecule has 3 rings (SSSR count). The molecule has 2 atom stereocenters. The average molecular weight is 301 g/mol. The van der Waals surface area contributed by atoms with Gasteiger partial charge >= 0.3 is 0 Å². The maximum Gasteiger partial charge on any atom is 0.240 e. The van der Waals surface area contributed by atoms with E-state index in [0.29, 0.717) is 6.54 Å². The largest absolute Gasteiger partial charge is 0.359 e. The Morgan fingerprint density at radius 1 is 1.27 bits per heavy atom. The van der Waals surface area contributed by atoms with Crippen LogP contribution >= 0.6 is 0 Å². The van der Waals surface area contributed by atoms with Gasteiger partial charge in [0.05, 0.1) is 12.0 Å².